The number of aromatic nitrogens is 2. The molecule has 152 valence electrons. The Balaban J connectivity index is 1.97. The Morgan fingerprint density at radius 3 is 2.27 bits per heavy atom. The van der Waals surface area contributed by atoms with Gasteiger partial charge in [-0.25, -0.2) is 13.8 Å². The highest BCUT2D eigenvalue weighted by molar-refractivity contribution is 7.18. The molecule has 0 atom stereocenters. The first-order valence-electron chi connectivity index (χ1n) is 9.02. The number of nitro groups is 1. The third kappa shape index (κ3) is 3.22. The Hall–Kier alpha value is -3.59. The summed E-state index contributed by atoms with van der Waals surface area (Å²) >= 11 is 1.35. The van der Waals surface area contributed by atoms with E-state index in [2.05, 4.69) is 0 Å². The number of thiophene rings is 1. The van der Waals surface area contributed by atoms with Crippen LogP contribution in [-0.4, -0.2) is 14.1 Å². The zero-order valence-electron chi connectivity index (χ0n) is 16.1. The van der Waals surface area contributed by atoms with E-state index < -0.39 is 22.0 Å². The number of nitro benzene ring substituents is 1. The third-order valence-electron chi connectivity index (χ3n) is 5.02. The van der Waals surface area contributed by atoms with Gasteiger partial charge >= 0.3 is 5.69 Å². The average Bonchev–Trinajstić information content (AvgIpc) is 3.02. The molecule has 0 unspecified atom stereocenters. The minimum Gasteiger partial charge on any atom is -0.280 e. The van der Waals surface area contributed by atoms with E-state index in [-0.39, 0.29) is 17.9 Å². The highest BCUT2D eigenvalue weighted by atomic mass is 32.1. The molecule has 4 aromatic rings. The molecule has 0 amide bonds. The lowest BCUT2D eigenvalue weighted by molar-refractivity contribution is -0.384. The molecule has 9 heteroatoms. The first-order valence-corrected chi connectivity index (χ1v) is 9.84. The molecule has 0 aliphatic carbocycles. The lowest BCUT2D eigenvalue weighted by Gasteiger charge is -2.12. The second-order valence-electron chi connectivity index (χ2n) is 6.87. The van der Waals surface area contributed by atoms with E-state index in [0.29, 0.717) is 15.8 Å². The summed E-state index contributed by atoms with van der Waals surface area (Å²) in [6, 6.07) is 11.1. The summed E-state index contributed by atoms with van der Waals surface area (Å²) in [6.07, 6.45) is 0. The van der Waals surface area contributed by atoms with Gasteiger partial charge in [0.1, 0.15) is 10.6 Å². The lowest BCUT2D eigenvalue weighted by Crippen LogP contribution is -2.38. The van der Waals surface area contributed by atoms with Crippen molar-refractivity contribution in [2.45, 2.75) is 20.4 Å². The Morgan fingerprint density at radius 2 is 1.67 bits per heavy atom. The molecule has 0 radical (unpaired) electrons. The standard InChI is InChI=1S/C21H16FN3O4S/c1-12-13(2)30-20-18(12)19(26)24(16-9-5-15(22)6-10-16)21(27)23(20)11-14-3-7-17(8-4-14)25(28)29/h3-10H,11H2,1-2H3. The largest absolute Gasteiger partial charge is 0.337 e. The summed E-state index contributed by atoms with van der Waals surface area (Å²) in [6.45, 7) is 3.84. The number of non-ortho nitro benzene ring substituents is 1. The van der Waals surface area contributed by atoms with E-state index in [1.807, 2.05) is 13.8 Å². The molecule has 0 spiro atoms. The van der Waals surface area contributed by atoms with Gasteiger partial charge in [-0.3, -0.25) is 19.5 Å². The summed E-state index contributed by atoms with van der Waals surface area (Å²) in [5.41, 5.74) is 0.678. The van der Waals surface area contributed by atoms with E-state index in [4.69, 9.17) is 0 Å². The van der Waals surface area contributed by atoms with Crippen molar-refractivity contribution in [2.24, 2.45) is 0 Å². The number of halogens is 1. The normalized spacial score (nSPS) is 11.2. The van der Waals surface area contributed by atoms with Crippen molar-refractivity contribution in [2.75, 3.05) is 0 Å². The molecular weight excluding hydrogens is 409 g/mol. The quantitative estimate of drug-likeness (QED) is 0.366. The zero-order valence-corrected chi connectivity index (χ0v) is 16.9. The van der Waals surface area contributed by atoms with Crippen LogP contribution in [0.25, 0.3) is 15.9 Å². The second-order valence-corrected chi connectivity index (χ2v) is 8.08. The van der Waals surface area contributed by atoms with Crippen LogP contribution in [0, 0.1) is 29.8 Å². The van der Waals surface area contributed by atoms with Crippen molar-refractivity contribution in [3.63, 3.8) is 0 Å². The van der Waals surface area contributed by atoms with E-state index in [0.717, 1.165) is 15.0 Å². The van der Waals surface area contributed by atoms with Crippen molar-refractivity contribution < 1.29 is 9.31 Å². The van der Waals surface area contributed by atoms with Crippen LogP contribution >= 0.6 is 11.3 Å². The van der Waals surface area contributed by atoms with Gasteiger partial charge in [-0.15, -0.1) is 11.3 Å². The molecule has 30 heavy (non-hydrogen) atoms. The topological polar surface area (TPSA) is 87.1 Å². The van der Waals surface area contributed by atoms with Gasteiger partial charge in [0.05, 0.1) is 22.5 Å². The van der Waals surface area contributed by atoms with Crippen LogP contribution in [-0.2, 0) is 6.54 Å². The van der Waals surface area contributed by atoms with Crippen molar-refractivity contribution >= 4 is 27.2 Å². The molecular formula is C21H16FN3O4S. The first-order chi connectivity index (χ1) is 14.3. The fourth-order valence-electron chi connectivity index (χ4n) is 3.32. The monoisotopic (exact) mass is 425 g/mol. The number of rotatable bonds is 4. The average molecular weight is 425 g/mol. The molecule has 4 rings (SSSR count). The van der Waals surface area contributed by atoms with Gasteiger partial charge < -0.3 is 0 Å². The number of aryl methyl sites for hydroxylation is 2. The summed E-state index contributed by atoms with van der Waals surface area (Å²) in [7, 11) is 0. The highest BCUT2D eigenvalue weighted by Crippen LogP contribution is 2.27. The summed E-state index contributed by atoms with van der Waals surface area (Å²) in [5.74, 6) is -0.471. The molecule has 2 heterocycles. The maximum absolute atomic E-state index is 13.4. The van der Waals surface area contributed by atoms with Crippen LogP contribution in [0.1, 0.15) is 16.0 Å². The SMILES string of the molecule is Cc1sc2c(c1C)c(=O)n(-c1ccc(F)cc1)c(=O)n2Cc1ccc([N+](=O)[O-])cc1. The highest BCUT2D eigenvalue weighted by Gasteiger charge is 2.20. The van der Waals surface area contributed by atoms with Crippen LogP contribution in [0.3, 0.4) is 0 Å². The lowest BCUT2D eigenvalue weighted by atomic mass is 10.2. The molecule has 0 aliphatic rings. The molecule has 2 aromatic carbocycles. The maximum Gasteiger partial charge on any atom is 0.337 e. The van der Waals surface area contributed by atoms with Crippen LogP contribution in [0.15, 0.2) is 58.1 Å². The van der Waals surface area contributed by atoms with Crippen LogP contribution < -0.4 is 11.2 Å². The van der Waals surface area contributed by atoms with Crippen LogP contribution in [0.5, 0.6) is 0 Å². The van der Waals surface area contributed by atoms with Crippen molar-refractivity contribution in [1.82, 2.24) is 9.13 Å². The Labute approximate surface area is 173 Å². The number of hydrogen-bond donors (Lipinski definition) is 0. The van der Waals surface area contributed by atoms with Crippen molar-refractivity contribution in [1.29, 1.82) is 0 Å². The number of benzene rings is 2. The molecule has 0 saturated carbocycles. The molecule has 0 saturated heterocycles. The Bertz CT molecular complexity index is 1400. The van der Waals surface area contributed by atoms with E-state index in [1.54, 1.807) is 12.1 Å². The van der Waals surface area contributed by atoms with Gasteiger partial charge in [-0.2, -0.15) is 0 Å². The van der Waals surface area contributed by atoms with Gasteiger partial charge in [0.15, 0.2) is 0 Å². The number of fused-ring (bicyclic) bond motifs is 1. The molecule has 0 fully saturated rings. The second kappa shape index (κ2) is 7.34. The molecule has 7 nitrogen and oxygen atoms in total. The van der Waals surface area contributed by atoms with Gasteiger partial charge in [0.25, 0.3) is 11.2 Å². The molecule has 0 N–H and O–H groups in total. The van der Waals surface area contributed by atoms with Gasteiger partial charge in [-0.1, -0.05) is 12.1 Å². The predicted molar refractivity (Wildman–Crippen MR) is 113 cm³/mol. The Kier molecular flexibility index (Phi) is 4.83. The minimum absolute atomic E-state index is 0.0460. The number of nitrogens with zero attached hydrogens (tertiary/aromatic N) is 3. The zero-order chi connectivity index (χ0) is 21.6. The van der Waals surface area contributed by atoms with Gasteiger partial charge in [-0.05, 0) is 49.2 Å². The van der Waals surface area contributed by atoms with Crippen molar-refractivity contribution in [3.05, 3.63) is 101 Å². The Morgan fingerprint density at radius 1 is 1.03 bits per heavy atom. The predicted octanol–water partition coefficient (Wildman–Crippen LogP) is 3.93. The van der Waals surface area contributed by atoms with Crippen molar-refractivity contribution in [3.8, 4) is 5.69 Å². The smallest absolute Gasteiger partial charge is 0.280 e. The fourth-order valence-corrected chi connectivity index (χ4v) is 4.46. The maximum atomic E-state index is 13.4. The third-order valence-corrected chi connectivity index (χ3v) is 6.25. The fraction of sp³-hybridized carbons (Fsp3) is 0.143. The summed E-state index contributed by atoms with van der Waals surface area (Å²) in [5, 5.41) is 11.3. The molecule has 2 aromatic heterocycles. The van der Waals surface area contributed by atoms with Gasteiger partial charge in [0.2, 0.25) is 0 Å². The first kappa shape index (κ1) is 19.7. The summed E-state index contributed by atoms with van der Waals surface area (Å²) < 4.78 is 15.9. The van der Waals surface area contributed by atoms with Gasteiger partial charge in [0, 0.05) is 17.0 Å². The summed E-state index contributed by atoms with van der Waals surface area (Å²) in [4.78, 5) is 38.4. The minimum atomic E-state index is -0.557. The van der Waals surface area contributed by atoms with Crippen LogP contribution in [0.4, 0.5) is 10.1 Å². The van der Waals surface area contributed by atoms with E-state index >= 15 is 0 Å². The van der Waals surface area contributed by atoms with E-state index in [9.17, 15) is 24.1 Å². The van der Waals surface area contributed by atoms with Crippen LogP contribution in [0.2, 0.25) is 0 Å². The molecule has 0 aliphatic heterocycles. The molecule has 0 bridgehead atoms. The van der Waals surface area contributed by atoms with E-state index in [1.165, 1.54) is 52.3 Å². The number of hydrogen-bond acceptors (Lipinski definition) is 5.